The molecule has 5 heteroatoms. The summed E-state index contributed by atoms with van der Waals surface area (Å²) < 4.78 is 12.9. The van der Waals surface area contributed by atoms with Gasteiger partial charge in [-0.15, -0.1) is 0 Å². The molecule has 2 N–H and O–H groups in total. The average molecular weight is 570 g/mol. The Morgan fingerprint density at radius 2 is 1.67 bits per heavy atom. The van der Waals surface area contributed by atoms with Crippen molar-refractivity contribution in [3.63, 3.8) is 0 Å². The monoisotopic (exact) mass is 569 g/mol. The summed E-state index contributed by atoms with van der Waals surface area (Å²) in [7, 11) is 0. The van der Waals surface area contributed by atoms with Crippen molar-refractivity contribution in [2.45, 2.75) is 102 Å². The van der Waals surface area contributed by atoms with Crippen molar-refractivity contribution in [3.8, 4) is 0 Å². The first-order chi connectivity index (χ1) is 19.9. The molecule has 7 rings (SSSR count). The number of aliphatic hydroxyl groups is 2. The maximum atomic E-state index is 12.4. The first-order valence-corrected chi connectivity index (χ1v) is 16.1. The average Bonchev–Trinajstić information content (AvgIpc) is 3.21. The largest absolute Gasteiger partial charge is 0.390 e. The van der Waals surface area contributed by atoms with Crippen LogP contribution in [0.25, 0.3) is 12.2 Å². The van der Waals surface area contributed by atoms with Crippen LogP contribution in [0.2, 0.25) is 0 Å². The Balaban J connectivity index is 1.29. The SMILES string of the molecule is CC1(C)COC2(CCC3=C4C(CCC3(O)C2)C2CC[C@](C)(O)[C@@]2(C)C[C@@H]4c2cccc(/C=C/c3cccnc3)c2)OC1. The summed E-state index contributed by atoms with van der Waals surface area (Å²) >= 11 is 0. The lowest BCUT2D eigenvalue weighted by atomic mass is 9.50. The number of fused-ring (bicyclic) bond motifs is 4. The molecule has 5 aliphatic rings. The zero-order valence-electron chi connectivity index (χ0n) is 25.7. The Morgan fingerprint density at radius 3 is 2.43 bits per heavy atom. The molecule has 42 heavy (non-hydrogen) atoms. The number of rotatable bonds is 3. The maximum absolute atomic E-state index is 12.4. The maximum Gasteiger partial charge on any atom is 0.171 e. The minimum atomic E-state index is -0.906. The number of hydrogen-bond donors (Lipinski definition) is 2. The van der Waals surface area contributed by atoms with Crippen LogP contribution < -0.4 is 0 Å². The first-order valence-electron chi connectivity index (χ1n) is 16.1. The van der Waals surface area contributed by atoms with Gasteiger partial charge in [0, 0.05) is 42.0 Å². The van der Waals surface area contributed by atoms with Crippen LogP contribution in [0.3, 0.4) is 0 Å². The van der Waals surface area contributed by atoms with Gasteiger partial charge in [-0.1, -0.05) is 68.8 Å². The number of nitrogens with zero attached hydrogens (tertiary/aromatic N) is 1. The minimum absolute atomic E-state index is 0.000895. The quantitative estimate of drug-likeness (QED) is 0.380. The molecular formula is C37H47NO4. The highest BCUT2D eigenvalue weighted by Gasteiger charge is 2.63. The van der Waals surface area contributed by atoms with Crippen molar-refractivity contribution >= 4 is 12.2 Å². The van der Waals surface area contributed by atoms with Crippen molar-refractivity contribution in [1.82, 2.24) is 4.98 Å². The van der Waals surface area contributed by atoms with Gasteiger partial charge in [-0.25, -0.2) is 0 Å². The summed E-state index contributed by atoms with van der Waals surface area (Å²) in [6.07, 6.45) is 14.5. The third kappa shape index (κ3) is 4.63. The third-order valence-electron chi connectivity index (χ3n) is 11.9. The number of ether oxygens (including phenoxy) is 2. The molecule has 3 saturated carbocycles. The van der Waals surface area contributed by atoms with Gasteiger partial charge in [0.15, 0.2) is 5.79 Å². The molecule has 0 bridgehead atoms. The molecule has 224 valence electrons. The molecule has 0 radical (unpaired) electrons. The number of aromatic nitrogens is 1. The summed E-state index contributed by atoms with van der Waals surface area (Å²) in [6.45, 7) is 10.1. The van der Waals surface area contributed by atoms with Gasteiger partial charge in [-0.3, -0.25) is 4.98 Å². The molecule has 1 spiro atoms. The van der Waals surface area contributed by atoms with Gasteiger partial charge in [0.05, 0.1) is 24.4 Å². The molecule has 1 aromatic carbocycles. The normalized spacial score (nSPS) is 38.8. The Hall–Kier alpha value is -2.31. The number of pyridine rings is 1. The highest BCUT2D eigenvalue weighted by atomic mass is 16.7. The van der Waals surface area contributed by atoms with Gasteiger partial charge >= 0.3 is 0 Å². The van der Waals surface area contributed by atoms with Gasteiger partial charge < -0.3 is 19.7 Å². The molecule has 4 aliphatic carbocycles. The van der Waals surface area contributed by atoms with Crippen LogP contribution in [0.5, 0.6) is 0 Å². The Kier molecular flexibility index (Phi) is 6.68. The number of hydrogen-bond acceptors (Lipinski definition) is 5. The van der Waals surface area contributed by atoms with Crippen molar-refractivity contribution in [1.29, 1.82) is 0 Å². The molecule has 2 aromatic rings. The Morgan fingerprint density at radius 1 is 0.905 bits per heavy atom. The fraction of sp³-hybridized carbons (Fsp3) is 0.595. The first kappa shape index (κ1) is 28.5. The van der Waals surface area contributed by atoms with E-state index < -0.39 is 17.0 Å². The van der Waals surface area contributed by atoms with Crippen LogP contribution in [0, 0.1) is 22.7 Å². The number of allylic oxidation sites excluding steroid dienone is 1. The van der Waals surface area contributed by atoms with Crippen LogP contribution >= 0.6 is 0 Å². The molecule has 6 atom stereocenters. The van der Waals surface area contributed by atoms with Gasteiger partial charge in [0.1, 0.15) is 0 Å². The zero-order valence-corrected chi connectivity index (χ0v) is 25.7. The van der Waals surface area contributed by atoms with Crippen LogP contribution in [-0.4, -0.2) is 45.4 Å². The minimum Gasteiger partial charge on any atom is -0.390 e. The van der Waals surface area contributed by atoms with Crippen molar-refractivity contribution in [3.05, 3.63) is 76.6 Å². The molecule has 2 heterocycles. The van der Waals surface area contributed by atoms with Crippen LogP contribution in [-0.2, 0) is 9.47 Å². The Bertz CT molecular complexity index is 1400. The van der Waals surface area contributed by atoms with E-state index in [1.54, 1.807) is 6.20 Å². The van der Waals surface area contributed by atoms with Crippen LogP contribution in [0.15, 0.2) is 59.9 Å². The van der Waals surface area contributed by atoms with E-state index in [0.29, 0.717) is 31.5 Å². The molecule has 3 unspecified atom stereocenters. The van der Waals surface area contributed by atoms with Crippen LogP contribution in [0.1, 0.15) is 102 Å². The molecule has 0 amide bonds. The van der Waals surface area contributed by atoms with Crippen molar-refractivity contribution in [2.75, 3.05) is 13.2 Å². The van der Waals surface area contributed by atoms with Gasteiger partial charge in [-0.2, -0.15) is 0 Å². The second-order valence-electron chi connectivity index (χ2n) is 15.3. The van der Waals surface area contributed by atoms with Crippen molar-refractivity contribution < 1.29 is 19.7 Å². The van der Waals surface area contributed by atoms with E-state index in [1.807, 2.05) is 12.3 Å². The summed E-state index contributed by atoms with van der Waals surface area (Å²) in [4.78, 5) is 4.25. The van der Waals surface area contributed by atoms with E-state index in [1.165, 1.54) is 16.7 Å². The van der Waals surface area contributed by atoms with Gasteiger partial charge in [-0.05, 0) is 85.6 Å². The lowest BCUT2D eigenvalue weighted by Gasteiger charge is -2.58. The summed E-state index contributed by atoms with van der Waals surface area (Å²) in [6, 6.07) is 12.9. The predicted molar refractivity (Wildman–Crippen MR) is 165 cm³/mol. The van der Waals surface area contributed by atoms with Gasteiger partial charge in [0.2, 0.25) is 0 Å². The zero-order chi connectivity index (χ0) is 29.4. The molecule has 1 aromatic heterocycles. The third-order valence-corrected chi connectivity index (χ3v) is 11.9. The Labute approximate surface area is 251 Å². The van der Waals surface area contributed by atoms with E-state index >= 15 is 0 Å². The predicted octanol–water partition coefficient (Wildman–Crippen LogP) is 7.30. The lowest BCUT2D eigenvalue weighted by Crippen LogP contribution is -2.58. The second kappa shape index (κ2) is 9.85. The van der Waals surface area contributed by atoms with E-state index in [4.69, 9.17) is 9.47 Å². The van der Waals surface area contributed by atoms with E-state index in [0.717, 1.165) is 56.1 Å². The fourth-order valence-corrected chi connectivity index (χ4v) is 9.32. The highest BCUT2D eigenvalue weighted by Crippen LogP contribution is 2.67. The number of benzene rings is 1. The van der Waals surface area contributed by atoms with Crippen LogP contribution in [0.4, 0.5) is 0 Å². The molecule has 5 nitrogen and oxygen atoms in total. The van der Waals surface area contributed by atoms with Crippen molar-refractivity contribution in [2.24, 2.45) is 22.7 Å². The molecular weight excluding hydrogens is 522 g/mol. The molecule has 1 aliphatic heterocycles. The van der Waals surface area contributed by atoms with E-state index in [2.05, 4.69) is 75.2 Å². The van der Waals surface area contributed by atoms with E-state index in [9.17, 15) is 10.2 Å². The van der Waals surface area contributed by atoms with E-state index in [-0.39, 0.29) is 16.7 Å². The lowest BCUT2D eigenvalue weighted by molar-refractivity contribution is -0.322. The molecule has 1 saturated heterocycles. The van der Waals surface area contributed by atoms with Gasteiger partial charge in [0.25, 0.3) is 0 Å². The second-order valence-corrected chi connectivity index (χ2v) is 15.3. The molecule has 4 fully saturated rings. The standard InChI is InChI=1S/C37H47NO4/c1-33(2)23-41-37(42-24-33)17-14-31-32-28(12-16-36(31,40)22-37)30-13-15-35(4,39)34(30,3)20-29(32)27-9-5-7-25(19-27)10-11-26-8-6-18-38-21-26/h5-11,18-19,21,28-30,39-40H,12-17,20,22-24H2,1-4H3/b11-10+/t28?,29-,30?,34+,35+,36?/m1/s1. The summed E-state index contributed by atoms with van der Waals surface area (Å²) in [5.74, 6) is 0.293. The topological polar surface area (TPSA) is 71.8 Å². The summed E-state index contributed by atoms with van der Waals surface area (Å²) in [5, 5.41) is 24.2. The smallest absolute Gasteiger partial charge is 0.171 e. The highest BCUT2D eigenvalue weighted by molar-refractivity contribution is 5.69. The summed E-state index contributed by atoms with van der Waals surface area (Å²) in [5.41, 5.74) is 4.46. The fourth-order valence-electron chi connectivity index (χ4n) is 9.32.